The van der Waals surface area contributed by atoms with Crippen molar-refractivity contribution < 1.29 is 4.79 Å². The Hall–Kier alpha value is -1.73. The Morgan fingerprint density at radius 3 is 2.36 bits per heavy atom. The molecule has 0 aliphatic carbocycles. The van der Waals surface area contributed by atoms with Crippen LogP contribution in [0.5, 0.6) is 0 Å². The fourth-order valence-corrected chi connectivity index (χ4v) is 1.27. The maximum Gasteiger partial charge on any atom is 0.260 e. The predicted molar refractivity (Wildman–Crippen MR) is 57.2 cm³/mol. The number of amides is 1. The average Bonchev–Trinajstić information content (AvgIpc) is 2.19. The largest absolute Gasteiger partial charge is 0.365 e. The third-order valence-corrected chi connectivity index (χ3v) is 2.12. The second kappa shape index (κ2) is 4.49. The summed E-state index contributed by atoms with van der Waals surface area (Å²) in [5.74, 6) is -0.763. The van der Waals surface area contributed by atoms with Crippen LogP contribution >= 0.6 is 12.6 Å². The van der Waals surface area contributed by atoms with E-state index in [0.717, 1.165) is 0 Å². The molecule has 0 spiro atoms. The van der Waals surface area contributed by atoms with Gasteiger partial charge < -0.3 is 5.73 Å². The average molecular weight is 204 g/mol. The van der Waals surface area contributed by atoms with Crippen molar-refractivity contribution in [3.8, 4) is 6.07 Å². The van der Waals surface area contributed by atoms with Gasteiger partial charge in [-0.05, 0) is 5.56 Å². The molecule has 1 aromatic carbocycles. The molecular formula is C10H8N2OS. The number of nitrogens with two attached hydrogens (primary N) is 1. The lowest BCUT2D eigenvalue weighted by Crippen LogP contribution is -2.13. The summed E-state index contributed by atoms with van der Waals surface area (Å²) in [5, 5.41) is 8.67. The standard InChI is InChI=1S/C10H8N2OS/c11-6-8(10(12)13)9(14)7-4-2-1-3-5-7/h1-5,14H,(H2,12,13)/b9-8-. The first-order chi connectivity index (χ1) is 6.66. The van der Waals surface area contributed by atoms with Crippen LogP contribution in [0.15, 0.2) is 35.9 Å². The Balaban J connectivity index is 3.23. The second-order valence-electron chi connectivity index (χ2n) is 2.57. The Labute approximate surface area is 87.3 Å². The first-order valence-corrected chi connectivity index (χ1v) is 4.30. The van der Waals surface area contributed by atoms with Crippen molar-refractivity contribution in [2.45, 2.75) is 0 Å². The van der Waals surface area contributed by atoms with E-state index in [-0.39, 0.29) is 5.57 Å². The summed E-state index contributed by atoms with van der Waals surface area (Å²) in [5.41, 5.74) is 5.59. The van der Waals surface area contributed by atoms with Crippen molar-refractivity contribution in [3.05, 3.63) is 41.5 Å². The van der Waals surface area contributed by atoms with Gasteiger partial charge in [0, 0.05) is 4.91 Å². The molecule has 3 nitrogen and oxygen atoms in total. The zero-order chi connectivity index (χ0) is 10.6. The highest BCUT2D eigenvalue weighted by atomic mass is 32.1. The van der Waals surface area contributed by atoms with E-state index in [4.69, 9.17) is 11.0 Å². The molecule has 0 unspecified atom stereocenters. The number of hydrogen-bond donors (Lipinski definition) is 2. The van der Waals surface area contributed by atoms with Crippen LogP contribution in [0.1, 0.15) is 5.56 Å². The van der Waals surface area contributed by atoms with Crippen LogP contribution in [0.25, 0.3) is 4.91 Å². The molecule has 0 saturated heterocycles. The fraction of sp³-hybridized carbons (Fsp3) is 0. The quantitative estimate of drug-likeness (QED) is 0.433. The van der Waals surface area contributed by atoms with Crippen LogP contribution in [0.4, 0.5) is 0 Å². The molecule has 70 valence electrons. The summed E-state index contributed by atoms with van der Waals surface area (Å²) in [7, 11) is 0. The van der Waals surface area contributed by atoms with E-state index in [1.54, 1.807) is 30.3 Å². The predicted octanol–water partition coefficient (Wildman–Crippen LogP) is 1.34. The van der Waals surface area contributed by atoms with Crippen molar-refractivity contribution in [1.29, 1.82) is 5.26 Å². The third kappa shape index (κ3) is 2.15. The number of rotatable bonds is 2. The lowest BCUT2D eigenvalue weighted by Gasteiger charge is -2.01. The number of primary amides is 1. The summed E-state index contributed by atoms with van der Waals surface area (Å²) < 4.78 is 0. The Kier molecular flexibility index (Phi) is 3.32. The molecule has 14 heavy (non-hydrogen) atoms. The van der Waals surface area contributed by atoms with Gasteiger partial charge in [0.1, 0.15) is 11.6 Å². The second-order valence-corrected chi connectivity index (χ2v) is 3.01. The van der Waals surface area contributed by atoms with Crippen molar-refractivity contribution in [2.24, 2.45) is 5.73 Å². The fourth-order valence-electron chi connectivity index (χ4n) is 0.965. The molecule has 0 bridgehead atoms. The first-order valence-electron chi connectivity index (χ1n) is 3.85. The molecule has 0 saturated carbocycles. The maximum absolute atomic E-state index is 10.8. The molecule has 4 heteroatoms. The molecule has 0 fully saturated rings. The molecule has 0 radical (unpaired) electrons. The Morgan fingerprint density at radius 2 is 1.93 bits per heavy atom. The summed E-state index contributed by atoms with van der Waals surface area (Å²) in [4.78, 5) is 11.1. The van der Waals surface area contributed by atoms with Crippen molar-refractivity contribution in [2.75, 3.05) is 0 Å². The smallest absolute Gasteiger partial charge is 0.260 e. The zero-order valence-electron chi connectivity index (χ0n) is 7.27. The molecule has 1 rings (SSSR count). The highest BCUT2D eigenvalue weighted by molar-refractivity contribution is 7.90. The molecule has 1 aromatic rings. The van der Waals surface area contributed by atoms with Crippen molar-refractivity contribution in [3.63, 3.8) is 0 Å². The molecule has 0 aliphatic heterocycles. The van der Waals surface area contributed by atoms with Gasteiger partial charge in [0.25, 0.3) is 5.91 Å². The van der Waals surface area contributed by atoms with Crippen LogP contribution in [-0.2, 0) is 4.79 Å². The van der Waals surface area contributed by atoms with Crippen LogP contribution < -0.4 is 5.73 Å². The number of thiol groups is 1. The minimum Gasteiger partial charge on any atom is -0.365 e. The van der Waals surface area contributed by atoms with E-state index in [1.807, 2.05) is 6.07 Å². The Bertz CT molecular complexity index is 417. The van der Waals surface area contributed by atoms with Crippen molar-refractivity contribution in [1.82, 2.24) is 0 Å². The number of nitrogens with zero attached hydrogens (tertiary/aromatic N) is 1. The number of carbonyl (C=O) groups is 1. The Morgan fingerprint density at radius 1 is 1.36 bits per heavy atom. The lowest BCUT2D eigenvalue weighted by atomic mass is 10.1. The van der Waals surface area contributed by atoms with E-state index in [1.165, 1.54) is 0 Å². The van der Waals surface area contributed by atoms with Gasteiger partial charge in [0.15, 0.2) is 0 Å². The monoisotopic (exact) mass is 204 g/mol. The van der Waals surface area contributed by atoms with Crippen LogP contribution in [0.2, 0.25) is 0 Å². The summed E-state index contributed by atoms with van der Waals surface area (Å²) in [6.45, 7) is 0. The number of hydrogen-bond acceptors (Lipinski definition) is 3. The van der Waals surface area contributed by atoms with Gasteiger partial charge in [-0.1, -0.05) is 30.3 Å². The molecule has 2 N–H and O–H groups in total. The lowest BCUT2D eigenvalue weighted by molar-refractivity contribution is -0.114. The summed E-state index contributed by atoms with van der Waals surface area (Å²) in [6.07, 6.45) is 0. The normalized spacial score (nSPS) is 11.4. The molecule has 0 atom stereocenters. The summed E-state index contributed by atoms with van der Waals surface area (Å²) >= 11 is 4.09. The van der Waals surface area contributed by atoms with Gasteiger partial charge in [-0.15, -0.1) is 12.6 Å². The summed E-state index contributed by atoms with van der Waals surface area (Å²) in [6, 6.07) is 10.7. The number of carbonyl (C=O) groups excluding carboxylic acids is 1. The van der Waals surface area contributed by atoms with Crippen LogP contribution in [0, 0.1) is 11.3 Å². The van der Waals surface area contributed by atoms with E-state index >= 15 is 0 Å². The van der Waals surface area contributed by atoms with Gasteiger partial charge in [-0.25, -0.2) is 0 Å². The third-order valence-electron chi connectivity index (χ3n) is 1.64. The minimum absolute atomic E-state index is 0.125. The SMILES string of the molecule is N#C/C(C(N)=O)=C(/S)c1ccccc1. The van der Waals surface area contributed by atoms with E-state index in [2.05, 4.69) is 12.6 Å². The number of nitriles is 1. The number of benzene rings is 1. The minimum atomic E-state index is -0.763. The zero-order valence-corrected chi connectivity index (χ0v) is 8.16. The topological polar surface area (TPSA) is 66.9 Å². The molecule has 1 amide bonds. The highest BCUT2D eigenvalue weighted by Gasteiger charge is 2.10. The van der Waals surface area contributed by atoms with E-state index < -0.39 is 5.91 Å². The van der Waals surface area contributed by atoms with Crippen LogP contribution in [-0.4, -0.2) is 5.91 Å². The first kappa shape index (κ1) is 10.4. The van der Waals surface area contributed by atoms with Gasteiger partial charge in [-0.3, -0.25) is 4.79 Å². The molecule has 0 aromatic heterocycles. The molecule has 0 aliphatic rings. The van der Waals surface area contributed by atoms with Crippen LogP contribution in [0.3, 0.4) is 0 Å². The van der Waals surface area contributed by atoms with Gasteiger partial charge >= 0.3 is 0 Å². The highest BCUT2D eigenvalue weighted by Crippen LogP contribution is 2.21. The molecular weight excluding hydrogens is 196 g/mol. The van der Waals surface area contributed by atoms with Gasteiger partial charge in [0.2, 0.25) is 0 Å². The van der Waals surface area contributed by atoms with Gasteiger partial charge in [0.05, 0.1) is 0 Å². The molecule has 0 heterocycles. The van der Waals surface area contributed by atoms with Crippen molar-refractivity contribution >= 4 is 23.4 Å². The maximum atomic E-state index is 10.8. The van der Waals surface area contributed by atoms with Gasteiger partial charge in [-0.2, -0.15) is 5.26 Å². The van der Waals surface area contributed by atoms with E-state index in [0.29, 0.717) is 10.5 Å². The van der Waals surface area contributed by atoms with E-state index in [9.17, 15) is 4.79 Å².